The van der Waals surface area contributed by atoms with Crippen LogP contribution in [0.1, 0.15) is 68.2 Å². The molecule has 0 aromatic rings. The molecule has 0 N–H and O–H groups in total. The minimum Gasteiger partial charge on any atom is -0.463 e. The highest BCUT2D eigenvalue weighted by molar-refractivity contribution is 5.87. The summed E-state index contributed by atoms with van der Waals surface area (Å²) < 4.78 is 10.3. The van der Waals surface area contributed by atoms with Crippen molar-refractivity contribution in [3.8, 4) is 0 Å². The molecule has 1 amide bonds. The first-order valence-electron chi connectivity index (χ1n) is 8.90. The Hall–Kier alpha value is -1.52. The van der Waals surface area contributed by atoms with Crippen molar-refractivity contribution >= 4 is 12.1 Å². The van der Waals surface area contributed by atoms with E-state index in [0.717, 1.165) is 12.8 Å². The van der Waals surface area contributed by atoms with E-state index in [0.29, 0.717) is 18.7 Å². The van der Waals surface area contributed by atoms with Gasteiger partial charge in [0.15, 0.2) is 0 Å². The SMILES string of the molecule is CC.CCOC(=O)/C(C)=C/C(CC)CCN(C)C(=O)OC(C)(C)C. The summed E-state index contributed by atoms with van der Waals surface area (Å²) in [4.78, 5) is 25.1. The lowest BCUT2D eigenvalue weighted by Crippen LogP contribution is -2.35. The van der Waals surface area contributed by atoms with Crippen molar-refractivity contribution in [2.75, 3.05) is 20.2 Å². The summed E-state index contributed by atoms with van der Waals surface area (Å²) in [7, 11) is 1.72. The number of ether oxygens (including phenoxy) is 2. The van der Waals surface area contributed by atoms with Crippen molar-refractivity contribution in [2.24, 2.45) is 5.92 Å². The fourth-order valence-corrected chi connectivity index (χ4v) is 1.86. The molecule has 0 rings (SSSR count). The Morgan fingerprint density at radius 1 is 1.17 bits per heavy atom. The van der Waals surface area contributed by atoms with Crippen molar-refractivity contribution in [1.29, 1.82) is 0 Å². The molecule has 5 heteroatoms. The molecule has 0 aliphatic carbocycles. The van der Waals surface area contributed by atoms with Gasteiger partial charge in [0.1, 0.15) is 5.60 Å². The molecule has 0 aromatic heterocycles. The Labute approximate surface area is 148 Å². The third-order valence-electron chi connectivity index (χ3n) is 3.15. The molecular weight excluding hydrogens is 306 g/mol. The Morgan fingerprint density at radius 3 is 2.12 bits per heavy atom. The molecule has 0 aromatic carbocycles. The first kappa shape index (κ1) is 24.7. The molecule has 1 unspecified atom stereocenters. The van der Waals surface area contributed by atoms with E-state index >= 15 is 0 Å². The predicted octanol–water partition coefficient (Wildman–Crippen LogP) is 4.81. The summed E-state index contributed by atoms with van der Waals surface area (Å²) >= 11 is 0. The highest BCUT2D eigenvalue weighted by Crippen LogP contribution is 2.15. The number of hydrogen-bond donors (Lipinski definition) is 0. The number of esters is 1. The predicted molar refractivity (Wildman–Crippen MR) is 99.0 cm³/mol. The number of nitrogens with zero attached hydrogens (tertiary/aromatic N) is 1. The summed E-state index contributed by atoms with van der Waals surface area (Å²) in [5.74, 6) is -0.0456. The van der Waals surface area contributed by atoms with Crippen LogP contribution in [0.3, 0.4) is 0 Å². The van der Waals surface area contributed by atoms with Crippen molar-refractivity contribution in [3.63, 3.8) is 0 Å². The van der Waals surface area contributed by atoms with Gasteiger partial charge >= 0.3 is 12.1 Å². The molecule has 24 heavy (non-hydrogen) atoms. The van der Waals surface area contributed by atoms with Crippen LogP contribution >= 0.6 is 0 Å². The second kappa shape index (κ2) is 12.8. The smallest absolute Gasteiger partial charge is 0.410 e. The lowest BCUT2D eigenvalue weighted by Gasteiger charge is -2.25. The molecule has 0 saturated carbocycles. The molecule has 0 radical (unpaired) electrons. The van der Waals surface area contributed by atoms with E-state index < -0.39 is 5.60 Å². The largest absolute Gasteiger partial charge is 0.463 e. The molecule has 0 aliphatic rings. The maximum atomic E-state index is 11.9. The number of amides is 1. The Balaban J connectivity index is 0. The van der Waals surface area contributed by atoms with E-state index in [4.69, 9.17) is 9.47 Å². The number of rotatable bonds is 7. The van der Waals surface area contributed by atoms with Gasteiger partial charge in [0.2, 0.25) is 0 Å². The van der Waals surface area contributed by atoms with E-state index in [1.165, 1.54) is 0 Å². The van der Waals surface area contributed by atoms with Crippen LogP contribution in [0.5, 0.6) is 0 Å². The Morgan fingerprint density at radius 2 is 1.71 bits per heavy atom. The normalized spacial score (nSPS) is 12.6. The fourth-order valence-electron chi connectivity index (χ4n) is 1.86. The van der Waals surface area contributed by atoms with E-state index in [-0.39, 0.29) is 18.0 Å². The molecule has 0 aliphatic heterocycles. The zero-order chi connectivity index (χ0) is 19.3. The topological polar surface area (TPSA) is 55.8 Å². The number of carbonyl (C=O) groups excluding carboxylic acids is 2. The lowest BCUT2D eigenvalue weighted by molar-refractivity contribution is -0.138. The van der Waals surface area contributed by atoms with E-state index in [1.807, 2.05) is 40.7 Å². The van der Waals surface area contributed by atoms with Crippen LogP contribution in [0.4, 0.5) is 4.79 Å². The van der Waals surface area contributed by atoms with Gasteiger partial charge in [0.05, 0.1) is 6.61 Å². The first-order chi connectivity index (χ1) is 11.1. The maximum Gasteiger partial charge on any atom is 0.410 e. The average Bonchev–Trinajstić information content (AvgIpc) is 2.51. The standard InChI is InChI=1S/C17H31NO4.C2H6/c1-8-14(12-13(3)15(19)21-9-2)10-11-18(7)16(20)22-17(4,5)6;1-2/h12,14H,8-11H2,1-7H3;1-2H3/b13-12+;. The molecule has 0 bridgehead atoms. The van der Waals surface area contributed by atoms with Gasteiger partial charge in [-0.3, -0.25) is 0 Å². The zero-order valence-corrected chi connectivity index (χ0v) is 17.1. The van der Waals surface area contributed by atoms with E-state index in [1.54, 1.807) is 25.8 Å². The maximum absolute atomic E-state index is 11.9. The van der Waals surface area contributed by atoms with E-state index in [9.17, 15) is 9.59 Å². The van der Waals surface area contributed by atoms with Gasteiger partial charge in [-0.25, -0.2) is 9.59 Å². The van der Waals surface area contributed by atoms with Gasteiger partial charge in [-0.2, -0.15) is 0 Å². The quantitative estimate of drug-likeness (QED) is 0.492. The highest BCUT2D eigenvalue weighted by Gasteiger charge is 2.20. The molecule has 0 spiro atoms. The molecular formula is C19H37NO4. The number of carbonyl (C=O) groups is 2. The average molecular weight is 344 g/mol. The van der Waals surface area contributed by atoms with Crippen LogP contribution in [0.15, 0.2) is 11.6 Å². The van der Waals surface area contributed by atoms with Gasteiger partial charge < -0.3 is 14.4 Å². The molecule has 0 fully saturated rings. The van der Waals surface area contributed by atoms with Crippen molar-refractivity contribution in [1.82, 2.24) is 4.90 Å². The monoisotopic (exact) mass is 343 g/mol. The minimum atomic E-state index is -0.490. The lowest BCUT2D eigenvalue weighted by atomic mass is 9.99. The Kier molecular flexibility index (Phi) is 13.2. The van der Waals surface area contributed by atoms with Crippen LogP contribution in [0.25, 0.3) is 0 Å². The first-order valence-corrected chi connectivity index (χ1v) is 8.90. The second-order valence-electron chi connectivity index (χ2n) is 6.43. The summed E-state index contributed by atoms with van der Waals surface area (Å²) in [6.07, 6.45) is 3.29. The zero-order valence-electron chi connectivity index (χ0n) is 17.1. The minimum absolute atomic E-state index is 0.231. The van der Waals surface area contributed by atoms with Crippen molar-refractivity contribution in [2.45, 2.75) is 73.8 Å². The van der Waals surface area contributed by atoms with Gasteiger partial charge in [-0.15, -0.1) is 0 Å². The van der Waals surface area contributed by atoms with Crippen LogP contribution < -0.4 is 0 Å². The fraction of sp³-hybridized carbons (Fsp3) is 0.789. The Bertz CT molecular complexity index is 397. The summed E-state index contributed by atoms with van der Waals surface area (Å²) in [5, 5.41) is 0. The van der Waals surface area contributed by atoms with Crippen LogP contribution in [0, 0.1) is 5.92 Å². The van der Waals surface area contributed by atoms with Gasteiger partial charge in [-0.05, 0) is 53.4 Å². The number of hydrogen-bond acceptors (Lipinski definition) is 4. The van der Waals surface area contributed by atoms with Crippen LogP contribution in [-0.4, -0.2) is 42.8 Å². The summed E-state index contributed by atoms with van der Waals surface area (Å²) in [6.45, 7) is 16.1. The molecule has 1 atom stereocenters. The van der Waals surface area contributed by atoms with Gasteiger partial charge in [-0.1, -0.05) is 26.8 Å². The summed E-state index contributed by atoms with van der Waals surface area (Å²) in [6, 6.07) is 0. The third-order valence-corrected chi connectivity index (χ3v) is 3.15. The molecule has 0 saturated heterocycles. The molecule has 0 heterocycles. The van der Waals surface area contributed by atoms with Gasteiger partial charge in [0.25, 0.3) is 0 Å². The second-order valence-corrected chi connectivity index (χ2v) is 6.43. The summed E-state index contributed by atoms with van der Waals surface area (Å²) in [5.41, 5.74) is 0.129. The van der Waals surface area contributed by atoms with Crippen LogP contribution in [0.2, 0.25) is 0 Å². The van der Waals surface area contributed by atoms with Crippen molar-refractivity contribution in [3.05, 3.63) is 11.6 Å². The van der Waals surface area contributed by atoms with Crippen molar-refractivity contribution < 1.29 is 19.1 Å². The third kappa shape index (κ3) is 12.0. The van der Waals surface area contributed by atoms with Crippen LogP contribution in [-0.2, 0) is 14.3 Å². The van der Waals surface area contributed by atoms with E-state index in [2.05, 4.69) is 6.92 Å². The molecule has 5 nitrogen and oxygen atoms in total. The van der Waals surface area contributed by atoms with Gasteiger partial charge in [0, 0.05) is 19.2 Å². The highest BCUT2D eigenvalue weighted by atomic mass is 16.6. The molecule has 142 valence electrons. The number of allylic oxidation sites excluding steroid dienone is 1.